The summed E-state index contributed by atoms with van der Waals surface area (Å²) in [4.78, 5) is 18.0. The first-order valence-electron chi connectivity index (χ1n) is 9.02. The highest BCUT2D eigenvalue weighted by Crippen LogP contribution is 2.27. The molecule has 1 fully saturated rings. The van der Waals surface area contributed by atoms with Gasteiger partial charge in [-0.05, 0) is 24.3 Å². The fourth-order valence-corrected chi connectivity index (χ4v) is 4.09. The van der Waals surface area contributed by atoms with Crippen molar-refractivity contribution in [2.45, 2.75) is 4.90 Å². The minimum atomic E-state index is 0.0212. The number of benzene rings is 2. The fourth-order valence-electron chi connectivity index (χ4n) is 3.09. The number of nitrogens with one attached hydrogen (secondary N) is 1. The molecule has 1 saturated heterocycles. The van der Waals surface area contributed by atoms with E-state index in [9.17, 15) is 4.79 Å². The molecule has 2 aromatic carbocycles. The Morgan fingerprint density at radius 3 is 2.56 bits per heavy atom. The molecule has 0 spiro atoms. The van der Waals surface area contributed by atoms with E-state index in [-0.39, 0.29) is 5.91 Å². The summed E-state index contributed by atoms with van der Waals surface area (Å²) in [5.74, 6) is 0.838. The molecule has 3 rings (SSSR count). The molecule has 0 atom stereocenters. The number of amides is 1. The number of carbonyl (C=O) groups is 1. The standard InChI is InChI=1S/C21H24ClN3OS/c1-2-15-27-20-10-6-4-8-18(20)23-21(26)16-24-11-13-25(14-12-24)19-9-5-3-7-17(19)22/h2-10H,1,11-16H2,(H,23,26). The normalized spacial score (nSPS) is 14.8. The zero-order chi connectivity index (χ0) is 19.1. The van der Waals surface area contributed by atoms with Gasteiger partial charge in [-0.3, -0.25) is 9.69 Å². The third-order valence-corrected chi connectivity index (χ3v) is 5.84. The maximum Gasteiger partial charge on any atom is 0.238 e. The molecule has 1 aliphatic rings. The highest BCUT2D eigenvalue weighted by Gasteiger charge is 2.20. The van der Waals surface area contributed by atoms with Crippen molar-refractivity contribution >= 4 is 40.6 Å². The van der Waals surface area contributed by atoms with Crippen LogP contribution in [0, 0.1) is 0 Å². The molecular weight excluding hydrogens is 378 g/mol. The van der Waals surface area contributed by atoms with E-state index >= 15 is 0 Å². The van der Waals surface area contributed by atoms with Crippen molar-refractivity contribution in [3.05, 3.63) is 66.2 Å². The van der Waals surface area contributed by atoms with Gasteiger partial charge in [0.25, 0.3) is 0 Å². The first-order valence-corrected chi connectivity index (χ1v) is 10.4. The van der Waals surface area contributed by atoms with E-state index in [0.29, 0.717) is 6.54 Å². The molecule has 6 heteroatoms. The minimum absolute atomic E-state index is 0.0212. The van der Waals surface area contributed by atoms with Crippen LogP contribution in [0.15, 0.2) is 66.1 Å². The Morgan fingerprint density at radius 1 is 1.11 bits per heavy atom. The number of hydrogen-bond donors (Lipinski definition) is 1. The molecule has 0 radical (unpaired) electrons. The summed E-state index contributed by atoms with van der Waals surface area (Å²) in [7, 11) is 0. The van der Waals surface area contributed by atoms with Crippen molar-refractivity contribution in [2.75, 3.05) is 48.7 Å². The molecule has 0 aliphatic carbocycles. The first kappa shape index (κ1) is 19.8. The second-order valence-corrected chi connectivity index (χ2v) is 7.83. The average molecular weight is 402 g/mol. The van der Waals surface area contributed by atoms with Crippen LogP contribution in [0.5, 0.6) is 0 Å². The predicted molar refractivity (Wildman–Crippen MR) is 116 cm³/mol. The van der Waals surface area contributed by atoms with Crippen LogP contribution < -0.4 is 10.2 Å². The lowest BCUT2D eigenvalue weighted by atomic mass is 10.2. The van der Waals surface area contributed by atoms with Crippen molar-refractivity contribution in [3.8, 4) is 0 Å². The molecule has 4 nitrogen and oxygen atoms in total. The van der Waals surface area contributed by atoms with Crippen LogP contribution in [0.4, 0.5) is 11.4 Å². The van der Waals surface area contributed by atoms with Crippen LogP contribution in [0.1, 0.15) is 0 Å². The third-order valence-electron chi connectivity index (χ3n) is 4.45. The molecule has 27 heavy (non-hydrogen) atoms. The number of rotatable bonds is 7. The largest absolute Gasteiger partial charge is 0.368 e. The lowest BCUT2D eigenvalue weighted by Gasteiger charge is -2.36. The van der Waals surface area contributed by atoms with Crippen LogP contribution in [-0.2, 0) is 4.79 Å². The fraction of sp³-hybridized carbons (Fsp3) is 0.286. The van der Waals surface area contributed by atoms with Gasteiger partial charge in [0.2, 0.25) is 5.91 Å². The van der Waals surface area contributed by atoms with Crippen LogP contribution in [0.2, 0.25) is 5.02 Å². The van der Waals surface area contributed by atoms with E-state index in [0.717, 1.165) is 53.2 Å². The van der Waals surface area contributed by atoms with Gasteiger partial charge in [0.05, 0.1) is 22.9 Å². The monoisotopic (exact) mass is 401 g/mol. The first-order chi connectivity index (χ1) is 13.2. The maximum absolute atomic E-state index is 12.5. The summed E-state index contributed by atoms with van der Waals surface area (Å²) < 4.78 is 0. The Hall–Kier alpha value is -1.95. The Balaban J connectivity index is 1.51. The number of hydrogen-bond acceptors (Lipinski definition) is 4. The number of anilines is 2. The van der Waals surface area contributed by atoms with E-state index in [2.05, 4.69) is 21.7 Å². The summed E-state index contributed by atoms with van der Waals surface area (Å²) in [6.45, 7) is 7.55. The van der Waals surface area contributed by atoms with Crippen molar-refractivity contribution in [1.82, 2.24) is 4.90 Å². The zero-order valence-electron chi connectivity index (χ0n) is 15.2. The Kier molecular flexibility index (Phi) is 7.21. The Bertz CT molecular complexity index is 791. The highest BCUT2D eigenvalue weighted by molar-refractivity contribution is 7.99. The minimum Gasteiger partial charge on any atom is -0.368 e. The summed E-state index contributed by atoms with van der Waals surface area (Å²) in [6.07, 6.45) is 1.86. The molecular formula is C21H24ClN3OS. The zero-order valence-corrected chi connectivity index (χ0v) is 16.8. The number of carbonyl (C=O) groups excluding carboxylic acids is 1. The molecule has 0 unspecified atom stereocenters. The molecule has 1 heterocycles. The Labute approximate surface area is 170 Å². The van der Waals surface area contributed by atoms with Gasteiger partial charge >= 0.3 is 0 Å². The molecule has 2 aromatic rings. The van der Waals surface area contributed by atoms with Crippen molar-refractivity contribution < 1.29 is 4.79 Å². The predicted octanol–water partition coefficient (Wildman–Crippen LogP) is 4.38. The molecule has 1 amide bonds. The average Bonchev–Trinajstić information content (AvgIpc) is 2.68. The van der Waals surface area contributed by atoms with Crippen molar-refractivity contribution in [3.63, 3.8) is 0 Å². The third kappa shape index (κ3) is 5.51. The lowest BCUT2D eigenvalue weighted by Crippen LogP contribution is -2.48. The number of thioether (sulfide) groups is 1. The summed E-state index contributed by atoms with van der Waals surface area (Å²) in [5, 5.41) is 3.82. The summed E-state index contributed by atoms with van der Waals surface area (Å²) in [5.41, 5.74) is 1.93. The number of halogens is 1. The molecule has 1 N–H and O–H groups in total. The number of para-hydroxylation sites is 2. The maximum atomic E-state index is 12.5. The summed E-state index contributed by atoms with van der Waals surface area (Å²) >= 11 is 7.96. The van der Waals surface area contributed by atoms with Crippen molar-refractivity contribution in [2.24, 2.45) is 0 Å². The van der Waals surface area contributed by atoms with Gasteiger partial charge in [-0.2, -0.15) is 0 Å². The van der Waals surface area contributed by atoms with Crippen LogP contribution in [-0.4, -0.2) is 49.3 Å². The van der Waals surface area contributed by atoms with Crippen LogP contribution in [0.3, 0.4) is 0 Å². The van der Waals surface area contributed by atoms with Gasteiger partial charge in [-0.15, -0.1) is 18.3 Å². The van der Waals surface area contributed by atoms with E-state index in [4.69, 9.17) is 11.6 Å². The molecule has 0 aromatic heterocycles. The Morgan fingerprint density at radius 2 is 1.81 bits per heavy atom. The summed E-state index contributed by atoms with van der Waals surface area (Å²) in [6, 6.07) is 15.8. The van der Waals surface area contributed by atoms with Gasteiger partial charge in [-0.25, -0.2) is 0 Å². The number of nitrogens with zero attached hydrogens (tertiary/aromatic N) is 2. The second kappa shape index (κ2) is 9.83. The SMILES string of the molecule is C=CCSc1ccccc1NC(=O)CN1CCN(c2ccccc2Cl)CC1. The van der Waals surface area contributed by atoms with E-state index < -0.39 is 0 Å². The topological polar surface area (TPSA) is 35.6 Å². The van der Waals surface area contributed by atoms with Crippen LogP contribution >= 0.6 is 23.4 Å². The smallest absolute Gasteiger partial charge is 0.238 e. The molecule has 1 aliphatic heterocycles. The van der Waals surface area contributed by atoms with Gasteiger partial charge in [-0.1, -0.05) is 41.9 Å². The number of piperazine rings is 1. The molecule has 142 valence electrons. The highest BCUT2D eigenvalue weighted by atomic mass is 35.5. The van der Waals surface area contributed by atoms with E-state index in [1.165, 1.54) is 0 Å². The lowest BCUT2D eigenvalue weighted by molar-refractivity contribution is -0.117. The molecule has 0 saturated carbocycles. The van der Waals surface area contributed by atoms with Gasteiger partial charge in [0, 0.05) is 36.8 Å². The van der Waals surface area contributed by atoms with E-state index in [1.54, 1.807) is 11.8 Å². The van der Waals surface area contributed by atoms with E-state index in [1.807, 2.05) is 54.6 Å². The quantitative estimate of drug-likeness (QED) is 0.551. The van der Waals surface area contributed by atoms with Crippen molar-refractivity contribution in [1.29, 1.82) is 0 Å². The second-order valence-electron chi connectivity index (χ2n) is 6.36. The van der Waals surface area contributed by atoms with Gasteiger partial charge in [0.15, 0.2) is 0 Å². The van der Waals surface area contributed by atoms with Gasteiger partial charge in [0.1, 0.15) is 0 Å². The van der Waals surface area contributed by atoms with Crippen LogP contribution in [0.25, 0.3) is 0 Å². The van der Waals surface area contributed by atoms with Gasteiger partial charge < -0.3 is 10.2 Å². The molecule has 0 bridgehead atoms.